The molecule has 0 saturated heterocycles. The van der Waals surface area contributed by atoms with Crippen molar-refractivity contribution in [3.63, 3.8) is 0 Å². The Labute approximate surface area is 82.6 Å². The maximum Gasteiger partial charge on any atom is 0.174 e. The molecular weight excluding hydrogens is 160 g/mol. The molecule has 0 spiro atoms. The summed E-state index contributed by atoms with van der Waals surface area (Å²) >= 11 is 0. The predicted octanol–water partition coefficient (Wildman–Crippen LogP) is 1.97. The van der Waals surface area contributed by atoms with E-state index < -0.39 is 0 Å². The summed E-state index contributed by atoms with van der Waals surface area (Å²) in [7, 11) is 4.23. The fourth-order valence-electron chi connectivity index (χ4n) is 1.02. The van der Waals surface area contributed by atoms with Crippen LogP contribution in [-0.4, -0.2) is 42.4 Å². The first-order valence-corrected chi connectivity index (χ1v) is 4.97. The van der Waals surface area contributed by atoms with Crippen molar-refractivity contribution in [1.29, 1.82) is 0 Å². The number of hydrogen-bond acceptors (Lipinski definition) is 1. The van der Waals surface area contributed by atoms with Crippen LogP contribution < -0.4 is 0 Å². The summed E-state index contributed by atoms with van der Waals surface area (Å²) in [6.45, 7) is 10.7. The van der Waals surface area contributed by atoms with Crippen molar-refractivity contribution in [2.24, 2.45) is 0 Å². The molecule has 0 unspecified atom stereocenters. The molecule has 76 valence electrons. The summed E-state index contributed by atoms with van der Waals surface area (Å²) in [6, 6.07) is 0. The van der Waals surface area contributed by atoms with Crippen molar-refractivity contribution in [3.8, 4) is 0 Å². The Morgan fingerprint density at radius 2 is 1.85 bits per heavy atom. The van der Waals surface area contributed by atoms with Gasteiger partial charge >= 0.3 is 0 Å². The Morgan fingerprint density at radius 3 is 2.23 bits per heavy atom. The maximum absolute atomic E-state index is 2.24. The lowest BCUT2D eigenvalue weighted by atomic mass is 10.3. The summed E-state index contributed by atoms with van der Waals surface area (Å²) in [6.07, 6.45) is 2.23. The smallest absolute Gasteiger partial charge is 0.174 e. The van der Waals surface area contributed by atoms with Crippen LogP contribution in [0.4, 0.5) is 0 Å². The fraction of sp³-hybridized carbons (Fsp3) is 0.727. The van der Waals surface area contributed by atoms with Crippen LogP contribution in [0.3, 0.4) is 0 Å². The summed E-state index contributed by atoms with van der Waals surface area (Å²) < 4.78 is 2.24. The zero-order valence-electron chi connectivity index (χ0n) is 9.89. The Balaban J connectivity index is 4.56. The number of nitrogens with zero attached hydrogens (tertiary/aromatic N) is 2. The molecule has 0 aromatic heterocycles. The average Bonchev–Trinajstić information content (AvgIpc) is 2.14. The molecule has 0 radical (unpaired) electrons. The second kappa shape index (κ2) is 5.79. The molecule has 2 nitrogen and oxygen atoms in total. The van der Waals surface area contributed by atoms with Crippen molar-refractivity contribution in [1.82, 2.24) is 4.90 Å². The van der Waals surface area contributed by atoms with Crippen LogP contribution in [-0.2, 0) is 0 Å². The van der Waals surface area contributed by atoms with Crippen LogP contribution >= 0.6 is 0 Å². The molecule has 0 bridgehead atoms. The number of rotatable bonds is 4. The van der Waals surface area contributed by atoms with Gasteiger partial charge in [-0.1, -0.05) is 0 Å². The van der Waals surface area contributed by atoms with Gasteiger partial charge in [-0.25, -0.2) is 4.58 Å². The lowest BCUT2D eigenvalue weighted by Crippen LogP contribution is -2.18. The van der Waals surface area contributed by atoms with Crippen LogP contribution in [0.25, 0.3) is 0 Å². The molecule has 0 aromatic rings. The molecule has 0 aliphatic heterocycles. The van der Waals surface area contributed by atoms with Crippen molar-refractivity contribution in [2.75, 3.05) is 27.2 Å². The fourth-order valence-corrected chi connectivity index (χ4v) is 1.02. The molecule has 0 heterocycles. The van der Waals surface area contributed by atoms with Gasteiger partial charge in [-0.2, -0.15) is 0 Å². The van der Waals surface area contributed by atoms with Crippen molar-refractivity contribution < 1.29 is 4.58 Å². The molecule has 0 amide bonds. The quantitative estimate of drug-likeness (QED) is 0.477. The van der Waals surface area contributed by atoms with Gasteiger partial charge in [0.25, 0.3) is 0 Å². The molecule has 0 saturated carbocycles. The van der Waals surface area contributed by atoms with Crippen LogP contribution in [0.1, 0.15) is 27.7 Å². The van der Waals surface area contributed by atoms with Crippen LogP contribution in [0.5, 0.6) is 0 Å². The van der Waals surface area contributed by atoms with Gasteiger partial charge in [-0.15, -0.1) is 0 Å². The highest BCUT2D eigenvalue weighted by Gasteiger charge is 2.01. The summed E-state index contributed by atoms with van der Waals surface area (Å²) in [5.74, 6) is 0. The van der Waals surface area contributed by atoms with Crippen LogP contribution in [0.2, 0.25) is 0 Å². The minimum Gasteiger partial charge on any atom is -0.378 e. The lowest BCUT2D eigenvalue weighted by Gasteiger charge is -2.16. The molecule has 2 heteroatoms. The van der Waals surface area contributed by atoms with Crippen LogP contribution in [0, 0.1) is 0 Å². The predicted molar refractivity (Wildman–Crippen MR) is 59.5 cm³/mol. The Hall–Kier alpha value is -0.790. The standard InChI is InChI=1S/C11H23N2/c1-7-12(5)10(3)9-11(4)13(6)8-2/h9H,7-8H2,1-6H3/q+1. The highest BCUT2D eigenvalue weighted by molar-refractivity contribution is 5.88. The number of hydrogen-bond donors (Lipinski definition) is 0. The van der Waals surface area contributed by atoms with Crippen molar-refractivity contribution in [3.05, 3.63) is 11.8 Å². The Bertz CT molecular complexity index is 214. The maximum atomic E-state index is 2.24. The van der Waals surface area contributed by atoms with Crippen LogP contribution in [0.15, 0.2) is 11.8 Å². The Morgan fingerprint density at radius 1 is 1.31 bits per heavy atom. The third-order valence-corrected chi connectivity index (χ3v) is 2.57. The minimum absolute atomic E-state index is 1.06. The lowest BCUT2D eigenvalue weighted by molar-refractivity contribution is -0.492. The third-order valence-electron chi connectivity index (χ3n) is 2.57. The van der Waals surface area contributed by atoms with E-state index in [2.05, 4.69) is 57.3 Å². The molecule has 0 atom stereocenters. The van der Waals surface area contributed by atoms with Gasteiger partial charge < -0.3 is 4.90 Å². The topological polar surface area (TPSA) is 6.25 Å². The van der Waals surface area contributed by atoms with E-state index in [0.29, 0.717) is 0 Å². The van der Waals surface area contributed by atoms with Gasteiger partial charge in [-0.3, -0.25) is 0 Å². The molecule has 0 fully saturated rings. The van der Waals surface area contributed by atoms with E-state index in [9.17, 15) is 0 Å². The summed E-state index contributed by atoms with van der Waals surface area (Å²) in [5.41, 5.74) is 2.64. The monoisotopic (exact) mass is 183 g/mol. The normalized spacial score (nSPS) is 14.2. The molecule has 0 aromatic carbocycles. The second-order valence-electron chi connectivity index (χ2n) is 3.46. The Kier molecular flexibility index (Phi) is 5.44. The van der Waals surface area contributed by atoms with Crippen molar-refractivity contribution in [2.45, 2.75) is 27.7 Å². The van der Waals surface area contributed by atoms with E-state index in [1.807, 2.05) is 0 Å². The molecule has 0 aliphatic rings. The SMILES string of the molecule is CCN(C)C(C)=CC(C)=[N+](C)CC. The van der Waals surface area contributed by atoms with Gasteiger partial charge in [0.05, 0.1) is 0 Å². The molecule has 13 heavy (non-hydrogen) atoms. The molecule has 0 rings (SSSR count). The molecule has 0 aliphatic carbocycles. The third kappa shape index (κ3) is 4.11. The number of allylic oxidation sites excluding steroid dienone is 2. The first-order valence-electron chi connectivity index (χ1n) is 4.97. The van der Waals surface area contributed by atoms with Crippen molar-refractivity contribution >= 4 is 5.71 Å². The van der Waals surface area contributed by atoms with Gasteiger partial charge in [0.2, 0.25) is 0 Å². The second-order valence-corrected chi connectivity index (χ2v) is 3.46. The summed E-state index contributed by atoms with van der Waals surface area (Å²) in [4.78, 5) is 2.24. The van der Waals surface area contributed by atoms with E-state index in [1.54, 1.807) is 0 Å². The zero-order valence-corrected chi connectivity index (χ0v) is 9.89. The minimum atomic E-state index is 1.06. The zero-order chi connectivity index (χ0) is 10.4. The first-order chi connectivity index (χ1) is 6.02. The van der Waals surface area contributed by atoms with Gasteiger partial charge in [0.1, 0.15) is 13.6 Å². The largest absolute Gasteiger partial charge is 0.378 e. The molecule has 0 N–H and O–H groups in total. The van der Waals surface area contributed by atoms with Gasteiger partial charge in [0.15, 0.2) is 5.71 Å². The van der Waals surface area contributed by atoms with Gasteiger partial charge in [-0.05, 0) is 20.8 Å². The summed E-state index contributed by atoms with van der Waals surface area (Å²) in [5, 5.41) is 0. The van der Waals surface area contributed by atoms with Gasteiger partial charge in [0, 0.05) is 32.3 Å². The first kappa shape index (κ1) is 12.2. The highest BCUT2D eigenvalue weighted by atomic mass is 15.1. The van der Waals surface area contributed by atoms with E-state index in [4.69, 9.17) is 0 Å². The molecular formula is C11H23N2+. The average molecular weight is 183 g/mol. The van der Waals surface area contributed by atoms with E-state index in [-0.39, 0.29) is 0 Å². The van der Waals surface area contributed by atoms with E-state index in [1.165, 1.54) is 11.4 Å². The highest BCUT2D eigenvalue weighted by Crippen LogP contribution is 1.99. The van der Waals surface area contributed by atoms with E-state index >= 15 is 0 Å². The van der Waals surface area contributed by atoms with E-state index in [0.717, 1.165) is 13.1 Å².